The molecule has 0 radical (unpaired) electrons. The Morgan fingerprint density at radius 2 is 1.84 bits per heavy atom. The smallest absolute Gasteiger partial charge is 0.124 e. The summed E-state index contributed by atoms with van der Waals surface area (Å²) in [4.78, 5) is 2.44. The maximum Gasteiger partial charge on any atom is 0.124 e. The molecule has 0 aliphatic rings. The lowest BCUT2D eigenvalue weighted by atomic mass is 10.0. The van der Waals surface area contributed by atoms with Crippen LogP contribution in [0.3, 0.4) is 0 Å². The molecule has 1 heterocycles. The van der Waals surface area contributed by atoms with Crippen LogP contribution in [0.4, 0.5) is 0 Å². The second-order valence-electron chi connectivity index (χ2n) is 4.47. The van der Waals surface area contributed by atoms with Crippen LogP contribution in [0.1, 0.15) is 26.9 Å². The number of hydrogen-bond acceptors (Lipinski definition) is 4. The van der Waals surface area contributed by atoms with Gasteiger partial charge in [0.05, 0.1) is 20.3 Å². The van der Waals surface area contributed by atoms with Crippen LogP contribution in [0, 0.1) is 13.8 Å². The third-order valence-corrected chi connectivity index (χ3v) is 4.50. The maximum atomic E-state index is 6.37. The fourth-order valence-corrected chi connectivity index (χ4v) is 3.05. The summed E-state index contributed by atoms with van der Waals surface area (Å²) in [6, 6.07) is 7.65. The number of benzene rings is 1. The van der Waals surface area contributed by atoms with E-state index >= 15 is 0 Å². The van der Waals surface area contributed by atoms with Gasteiger partial charge in [-0.3, -0.25) is 0 Å². The number of methoxy groups -OCH3 is 2. The Labute approximate surface area is 118 Å². The molecule has 0 saturated carbocycles. The van der Waals surface area contributed by atoms with Gasteiger partial charge in [0.15, 0.2) is 0 Å². The normalized spacial score (nSPS) is 12.3. The second kappa shape index (κ2) is 5.63. The van der Waals surface area contributed by atoms with Crippen LogP contribution in [0.2, 0.25) is 0 Å². The van der Waals surface area contributed by atoms with E-state index in [1.807, 2.05) is 18.2 Å². The first-order chi connectivity index (χ1) is 9.06. The SMILES string of the molecule is COc1ccc(OC)c(C(N)c2cc(C)c(C)s2)c1. The van der Waals surface area contributed by atoms with Gasteiger partial charge < -0.3 is 15.2 Å². The molecule has 1 aromatic carbocycles. The topological polar surface area (TPSA) is 44.5 Å². The summed E-state index contributed by atoms with van der Waals surface area (Å²) in [5.74, 6) is 1.58. The Kier molecular flexibility index (Phi) is 4.12. The van der Waals surface area contributed by atoms with Gasteiger partial charge >= 0.3 is 0 Å². The van der Waals surface area contributed by atoms with Crippen molar-refractivity contribution in [1.82, 2.24) is 0 Å². The zero-order valence-electron chi connectivity index (χ0n) is 11.7. The molecule has 2 aromatic rings. The van der Waals surface area contributed by atoms with E-state index in [2.05, 4.69) is 19.9 Å². The van der Waals surface area contributed by atoms with Gasteiger partial charge in [0, 0.05) is 15.3 Å². The Morgan fingerprint density at radius 1 is 1.11 bits per heavy atom. The fourth-order valence-electron chi connectivity index (χ4n) is 1.99. The van der Waals surface area contributed by atoms with Gasteiger partial charge in [-0.15, -0.1) is 11.3 Å². The molecule has 0 aliphatic heterocycles. The number of aryl methyl sites for hydroxylation is 2. The monoisotopic (exact) mass is 277 g/mol. The van der Waals surface area contributed by atoms with Gasteiger partial charge in [-0.1, -0.05) is 0 Å². The molecule has 0 spiro atoms. The third kappa shape index (κ3) is 2.74. The average Bonchev–Trinajstić information content (AvgIpc) is 2.77. The van der Waals surface area contributed by atoms with Crippen molar-refractivity contribution >= 4 is 11.3 Å². The summed E-state index contributed by atoms with van der Waals surface area (Å²) < 4.78 is 10.7. The van der Waals surface area contributed by atoms with E-state index in [0.29, 0.717) is 0 Å². The lowest BCUT2D eigenvalue weighted by Crippen LogP contribution is -2.11. The van der Waals surface area contributed by atoms with E-state index < -0.39 is 0 Å². The minimum atomic E-state index is -0.192. The standard InChI is InChI=1S/C15H19NO2S/c1-9-7-14(19-10(9)2)15(16)12-8-11(17-3)5-6-13(12)18-4/h5-8,15H,16H2,1-4H3. The minimum absolute atomic E-state index is 0.192. The summed E-state index contributed by atoms with van der Waals surface area (Å²) in [7, 11) is 3.31. The van der Waals surface area contributed by atoms with Crippen molar-refractivity contribution in [3.63, 3.8) is 0 Å². The molecule has 1 atom stereocenters. The zero-order chi connectivity index (χ0) is 14.0. The Hall–Kier alpha value is -1.52. The highest BCUT2D eigenvalue weighted by Gasteiger charge is 2.17. The van der Waals surface area contributed by atoms with Crippen molar-refractivity contribution in [3.05, 3.63) is 45.1 Å². The van der Waals surface area contributed by atoms with Crippen LogP contribution >= 0.6 is 11.3 Å². The van der Waals surface area contributed by atoms with Crippen molar-refractivity contribution in [3.8, 4) is 11.5 Å². The quantitative estimate of drug-likeness (QED) is 0.931. The third-order valence-electron chi connectivity index (χ3n) is 3.26. The maximum absolute atomic E-state index is 6.37. The molecule has 0 bridgehead atoms. The van der Waals surface area contributed by atoms with Crippen molar-refractivity contribution in [2.45, 2.75) is 19.9 Å². The molecule has 2 rings (SSSR count). The van der Waals surface area contributed by atoms with E-state index in [9.17, 15) is 0 Å². The van der Waals surface area contributed by atoms with E-state index in [0.717, 1.165) is 21.9 Å². The highest BCUT2D eigenvalue weighted by Crippen LogP contribution is 2.35. The molecule has 1 aromatic heterocycles. The summed E-state index contributed by atoms with van der Waals surface area (Å²) in [5, 5.41) is 0. The van der Waals surface area contributed by atoms with Gasteiger partial charge in [0.2, 0.25) is 0 Å². The van der Waals surface area contributed by atoms with Gasteiger partial charge in [-0.25, -0.2) is 0 Å². The number of nitrogens with two attached hydrogens (primary N) is 1. The van der Waals surface area contributed by atoms with Crippen molar-refractivity contribution in [2.24, 2.45) is 5.73 Å². The largest absolute Gasteiger partial charge is 0.497 e. The van der Waals surface area contributed by atoms with Crippen molar-refractivity contribution < 1.29 is 9.47 Å². The number of ether oxygens (including phenoxy) is 2. The van der Waals surface area contributed by atoms with Crippen LogP contribution in [-0.2, 0) is 0 Å². The van der Waals surface area contributed by atoms with Crippen molar-refractivity contribution in [1.29, 1.82) is 0 Å². The average molecular weight is 277 g/mol. The first-order valence-corrected chi connectivity index (χ1v) is 6.93. The lowest BCUT2D eigenvalue weighted by molar-refractivity contribution is 0.397. The number of thiophene rings is 1. The fraction of sp³-hybridized carbons (Fsp3) is 0.333. The minimum Gasteiger partial charge on any atom is -0.497 e. The molecule has 3 nitrogen and oxygen atoms in total. The van der Waals surface area contributed by atoms with E-state index in [1.165, 1.54) is 10.4 Å². The van der Waals surface area contributed by atoms with E-state index in [-0.39, 0.29) is 6.04 Å². The predicted octanol–water partition coefficient (Wildman–Crippen LogP) is 3.43. The summed E-state index contributed by atoms with van der Waals surface area (Å²) in [6.45, 7) is 4.21. The van der Waals surface area contributed by atoms with Crippen LogP contribution < -0.4 is 15.2 Å². The van der Waals surface area contributed by atoms with Gasteiger partial charge in [-0.05, 0) is 43.7 Å². The van der Waals surface area contributed by atoms with Gasteiger partial charge in [0.1, 0.15) is 11.5 Å². The first kappa shape index (κ1) is 13.9. The Morgan fingerprint density at radius 3 is 2.37 bits per heavy atom. The molecule has 102 valence electrons. The Balaban J connectivity index is 2.44. The molecule has 0 aliphatic carbocycles. The van der Waals surface area contributed by atoms with Gasteiger partial charge in [-0.2, -0.15) is 0 Å². The summed E-state index contributed by atoms with van der Waals surface area (Å²) in [6.07, 6.45) is 0. The molecule has 0 fully saturated rings. The predicted molar refractivity (Wildman–Crippen MR) is 79.4 cm³/mol. The van der Waals surface area contributed by atoms with E-state index in [1.54, 1.807) is 25.6 Å². The highest BCUT2D eigenvalue weighted by molar-refractivity contribution is 7.12. The molecule has 0 amide bonds. The van der Waals surface area contributed by atoms with Gasteiger partial charge in [0.25, 0.3) is 0 Å². The molecule has 2 N–H and O–H groups in total. The van der Waals surface area contributed by atoms with Crippen LogP contribution in [-0.4, -0.2) is 14.2 Å². The summed E-state index contributed by atoms with van der Waals surface area (Å²) >= 11 is 1.73. The molecular formula is C15H19NO2S. The number of hydrogen-bond donors (Lipinski definition) is 1. The second-order valence-corrected chi connectivity index (χ2v) is 5.76. The summed E-state index contributed by atoms with van der Waals surface area (Å²) in [5.41, 5.74) is 8.60. The molecular weight excluding hydrogens is 258 g/mol. The molecule has 19 heavy (non-hydrogen) atoms. The van der Waals surface area contributed by atoms with E-state index in [4.69, 9.17) is 15.2 Å². The van der Waals surface area contributed by atoms with Crippen LogP contribution in [0.15, 0.2) is 24.3 Å². The zero-order valence-corrected chi connectivity index (χ0v) is 12.5. The van der Waals surface area contributed by atoms with Crippen LogP contribution in [0.5, 0.6) is 11.5 Å². The lowest BCUT2D eigenvalue weighted by Gasteiger charge is -2.15. The Bertz CT molecular complexity index is 558. The number of rotatable bonds is 4. The molecule has 4 heteroatoms. The highest BCUT2D eigenvalue weighted by atomic mass is 32.1. The molecule has 0 saturated heterocycles. The molecule has 1 unspecified atom stereocenters. The van der Waals surface area contributed by atoms with Crippen molar-refractivity contribution in [2.75, 3.05) is 14.2 Å². The van der Waals surface area contributed by atoms with Crippen LogP contribution in [0.25, 0.3) is 0 Å². The first-order valence-electron chi connectivity index (χ1n) is 6.11.